The van der Waals surface area contributed by atoms with Crippen molar-refractivity contribution >= 4 is 5.91 Å². The van der Waals surface area contributed by atoms with E-state index in [9.17, 15) is 30.3 Å². The Morgan fingerprint density at radius 3 is 1.20 bits per heavy atom. The highest BCUT2D eigenvalue weighted by atomic mass is 16.7. The molecule has 7 atom stereocenters. The molecule has 1 heterocycles. The van der Waals surface area contributed by atoms with Crippen LogP contribution in [-0.4, -0.2) is 87.5 Å². The third-order valence-corrected chi connectivity index (χ3v) is 12.7. The monoisotopic (exact) mass is 842 g/mol. The van der Waals surface area contributed by atoms with Gasteiger partial charge in [-0.25, -0.2) is 0 Å². The van der Waals surface area contributed by atoms with Crippen molar-refractivity contribution in [1.29, 1.82) is 0 Å². The highest BCUT2D eigenvalue weighted by molar-refractivity contribution is 5.76. The van der Waals surface area contributed by atoms with E-state index < -0.39 is 49.5 Å². The summed E-state index contributed by atoms with van der Waals surface area (Å²) in [5, 5.41) is 54.4. The molecular weight excluding hydrogens is 743 g/mol. The Morgan fingerprint density at radius 1 is 0.508 bits per heavy atom. The average molecular weight is 842 g/mol. The lowest BCUT2D eigenvalue weighted by atomic mass is 9.99. The molecule has 9 heteroatoms. The molecule has 0 aromatic heterocycles. The second-order valence-corrected chi connectivity index (χ2v) is 18.3. The fourth-order valence-corrected chi connectivity index (χ4v) is 8.58. The molecule has 0 spiro atoms. The number of unbranched alkanes of at least 4 members (excludes halogenated alkanes) is 34. The van der Waals surface area contributed by atoms with Crippen LogP contribution in [0.2, 0.25) is 0 Å². The van der Waals surface area contributed by atoms with E-state index in [1.165, 1.54) is 193 Å². The number of aliphatic hydroxyl groups is 5. The molecule has 0 unspecified atom stereocenters. The molecule has 0 aliphatic carbocycles. The number of carbonyl (C=O) groups excluding carboxylic acids is 1. The first kappa shape index (κ1) is 56.2. The average Bonchev–Trinajstić information content (AvgIpc) is 3.23. The highest BCUT2D eigenvalue weighted by Crippen LogP contribution is 2.23. The number of carbonyl (C=O) groups is 1. The molecule has 0 radical (unpaired) electrons. The minimum Gasteiger partial charge on any atom is -0.394 e. The van der Waals surface area contributed by atoms with E-state index in [1.807, 2.05) is 0 Å². The summed E-state index contributed by atoms with van der Waals surface area (Å²) in [6.45, 7) is 3.86. The lowest BCUT2D eigenvalue weighted by Gasteiger charge is -2.40. The predicted molar refractivity (Wildman–Crippen MR) is 244 cm³/mol. The maximum absolute atomic E-state index is 13.0. The van der Waals surface area contributed by atoms with E-state index in [0.29, 0.717) is 12.8 Å². The van der Waals surface area contributed by atoms with E-state index in [-0.39, 0.29) is 12.5 Å². The Kier molecular flexibility index (Phi) is 39.3. The van der Waals surface area contributed by atoms with Gasteiger partial charge >= 0.3 is 0 Å². The molecule has 1 amide bonds. The smallest absolute Gasteiger partial charge is 0.220 e. The fraction of sp³-hybridized carbons (Fsp3) is 0.980. The van der Waals surface area contributed by atoms with Crippen LogP contribution >= 0.6 is 0 Å². The zero-order valence-corrected chi connectivity index (χ0v) is 38.8. The number of aliphatic hydroxyl groups excluding tert-OH is 5. The number of hydrogen-bond donors (Lipinski definition) is 6. The highest BCUT2D eigenvalue weighted by Gasteiger charge is 2.44. The summed E-state index contributed by atoms with van der Waals surface area (Å²) >= 11 is 0. The van der Waals surface area contributed by atoms with E-state index in [2.05, 4.69) is 19.2 Å². The molecule has 6 N–H and O–H groups in total. The van der Waals surface area contributed by atoms with Crippen molar-refractivity contribution in [2.75, 3.05) is 13.2 Å². The number of nitrogens with one attached hydrogen (secondary N) is 1. The molecule has 1 fully saturated rings. The number of rotatable bonds is 44. The fourth-order valence-electron chi connectivity index (χ4n) is 8.58. The quantitative estimate of drug-likeness (QED) is 0.0332. The Balaban J connectivity index is 2.21. The van der Waals surface area contributed by atoms with Gasteiger partial charge in [0, 0.05) is 6.42 Å². The number of ether oxygens (including phenoxy) is 2. The van der Waals surface area contributed by atoms with Crippen molar-refractivity contribution < 1.29 is 39.8 Å². The molecule has 59 heavy (non-hydrogen) atoms. The van der Waals surface area contributed by atoms with Crippen LogP contribution in [0, 0.1) is 0 Å². The first-order valence-electron chi connectivity index (χ1n) is 25.7. The normalized spacial score (nSPS) is 20.6. The van der Waals surface area contributed by atoms with Crippen LogP contribution in [0.1, 0.15) is 258 Å². The van der Waals surface area contributed by atoms with Gasteiger partial charge in [0.05, 0.1) is 25.4 Å². The third-order valence-electron chi connectivity index (χ3n) is 12.7. The lowest BCUT2D eigenvalue weighted by molar-refractivity contribution is -0.302. The zero-order chi connectivity index (χ0) is 43.0. The van der Waals surface area contributed by atoms with Crippen LogP contribution in [-0.2, 0) is 14.3 Å². The van der Waals surface area contributed by atoms with Crippen molar-refractivity contribution in [3.05, 3.63) is 0 Å². The van der Waals surface area contributed by atoms with Gasteiger partial charge in [-0.15, -0.1) is 0 Å². The van der Waals surface area contributed by atoms with E-state index in [0.717, 1.165) is 38.5 Å². The first-order valence-corrected chi connectivity index (χ1v) is 25.7. The standard InChI is InChI=1S/C50H99NO8/c1-3-5-7-9-11-13-15-17-18-19-20-21-22-23-24-25-26-28-30-32-34-36-38-40-46(54)51-43(42-58-50-49(57)48(56)47(55)45(41-52)59-50)44(53)39-37-35-33-31-29-27-16-14-12-10-8-6-4-2/h43-45,47-50,52-53,55-57H,3-42H2,1-2H3,(H,51,54)/t43-,44+,45+,47-,48-,49+,50-/m0/s1. The molecule has 0 saturated carbocycles. The van der Waals surface area contributed by atoms with Gasteiger partial charge in [0.25, 0.3) is 0 Å². The van der Waals surface area contributed by atoms with E-state index >= 15 is 0 Å². The Hall–Kier alpha value is -0.810. The van der Waals surface area contributed by atoms with Crippen LogP contribution in [0.5, 0.6) is 0 Å². The van der Waals surface area contributed by atoms with Gasteiger partial charge in [-0.3, -0.25) is 4.79 Å². The van der Waals surface area contributed by atoms with E-state index in [1.54, 1.807) is 0 Å². The summed E-state index contributed by atoms with van der Waals surface area (Å²) in [6.07, 6.45) is 39.8. The van der Waals surface area contributed by atoms with Gasteiger partial charge in [-0.2, -0.15) is 0 Å². The second-order valence-electron chi connectivity index (χ2n) is 18.3. The largest absolute Gasteiger partial charge is 0.394 e. The maximum atomic E-state index is 13.0. The van der Waals surface area contributed by atoms with Crippen molar-refractivity contribution in [3.8, 4) is 0 Å². The Bertz CT molecular complexity index is 893. The minimum atomic E-state index is -1.55. The summed E-state index contributed by atoms with van der Waals surface area (Å²) in [5.41, 5.74) is 0. The molecule has 1 saturated heterocycles. The molecule has 1 rings (SSSR count). The van der Waals surface area contributed by atoms with Gasteiger partial charge < -0.3 is 40.3 Å². The van der Waals surface area contributed by atoms with Crippen LogP contribution in [0.4, 0.5) is 0 Å². The molecule has 9 nitrogen and oxygen atoms in total. The number of amides is 1. The van der Waals surface area contributed by atoms with Crippen molar-refractivity contribution in [2.45, 2.75) is 301 Å². The van der Waals surface area contributed by atoms with Gasteiger partial charge in [0.1, 0.15) is 24.4 Å². The van der Waals surface area contributed by atoms with Crippen LogP contribution in [0.25, 0.3) is 0 Å². The molecule has 1 aliphatic heterocycles. The summed E-state index contributed by atoms with van der Waals surface area (Å²) in [5.74, 6) is -0.139. The number of hydrogen-bond acceptors (Lipinski definition) is 8. The molecule has 1 aliphatic rings. The minimum absolute atomic E-state index is 0.132. The summed E-state index contributed by atoms with van der Waals surface area (Å²) in [7, 11) is 0. The van der Waals surface area contributed by atoms with Crippen LogP contribution in [0.3, 0.4) is 0 Å². The van der Waals surface area contributed by atoms with Gasteiger partial charge in [0.2, 0.25) is 5.91 Å². The molecule has 0 aromatic carbocycles. The molecule has 352 valence electrons. The van der Waals surface area contributed by atoms with Crippen LogP contribution < -0.4 is 5.32 Å². The summed E-state index contributed by atoms with van der Waals surface area (Å²) < 4.78 is 11.3. The lowest BCUT2D eigenvalue weighted by Crippen LogP contribution is -2.60. The maximum Gasteiger partial charge on any atom is 0.220 e. The SMILES string of the molecule is CCCCCCCCCCCCCCCCCCCCCCCCCC(=O)N[C@@H](CO[C@H]1O[C@H](CO)[C@H](O)[C@H](O)[C@H]1O)[C@H](O)CCCCCCCCCCCCCCC. The first-order chi connectivity index (χ1) is 28.8. The second kappa shape index (κ2) is 41.2. The van der Waals surface area contributed by atoms with E-state index in [4.69, 9.17) is 9.47 Å². The Morgan fingerprint density at radius 2 is 0.847 bits per heavy atom. The third kappa shape index (κ3) is 31.6. The zero-order valence-electron chi connectivity index (χ0n) is 38.8. The molecular formula is C50H99NO8. The van der Waals surface area contributed by atoms with Gasteiger partial charge in [-0.1, -0.05) is 239 Å². The molecule has 0 bridgehead atoms. The molecule has 0 aromatic rings. The predicted octanol–water partition coefficient (Wildman–Crippen LogP) is 11.5. The van der Waals surface area contributed by atoms with Crippen molar-refractivity contribution in [2.24, 2.45) is 0 Å². The summed E-state index contributed by atoms with van der Waals surface area (Å²) in [4.78, 5) is 13.0. The summed E-state index contributed by atoms with van der Waals surface area (Å²) in [6, 6.07) is -0.711. The van der Waals surface area contributed by atoms with Crippen molar-refractivity contribution in [1.82, 2.24) is 5.32 Å². The van der Waals surface area contributed by atoms with Gasteiger partial charge in [-0.05, 0) is 12.8 Å². The van der Waals surface area contributed by atoms with Crippen LogP contribution in [0.15, 0.2) is 0 Å². The Labute approximate surface area is 364 Å². The van der Waals surface area contributed by atoms with Crippen molar-refractivity contribution in [3.63, 3.8) is 0 Å². The topological polar surface area (TPSA) is 149 Å². The van der Waals surface area contributed by atoms with Gasteiger partial charge in [0.15, 0.2) is 6.29 Å².